The largest absolute Gasteiger partial charge is 0.478 e. The number of rotatable bonds is 20. The monoisotopic (exact) mass is 380 g/mol. The van der Waals surface area contributed by atoms with Gasteiger partial charge in [0.15, 0.2) is 5.78 Å². The number of carboxylic acid groups (broad SMARTS) is 1. The predicted octanol–water partition coefficient (Wildman–Crippen LogP) is 6.25. The van der Waals surface area contributed by atoms with E-state index >= 15 is 0 Å². The van der Waals surface area contributed by atoms with Crippen LogP contribution in [0, 0.1) is 0 Å². The highest BCUT2D eigenvalue weighted by atomic mass is 16.5. The van der Waals surface area contributed by atoms with E-state index in [1.54, 1.807) is 0 Å². The maximum absolute atomic E-state index is 11.2. The molecule has 156 valence electrons. The summed E-state index contributed by atoms with van der Waals surface area (Å²) in [7, 11) is 0. The second kappa shape index (κ2) is 20.9. The van der Waals surface area contributed by atoms with Crippen molar-refractivity contribution < 1.29 is 19.4 Å². The number of unbranched alkanes of at least 4 members (excludes halogenated alkanes) is 12. The zero-order valence-electron chi connectivity index (χ0n) is 17.3. The zero-order valence-corrected chi connectivity index (χ0v) is 17.3. The van der Waals surface area contributed by atoms with Gasteiger partial charge in [0.1, 0.15) is 6.61 Å². The van der Waals surface area contributed by atoms with Crippen LogP contribution in [0.4, 0.5) is 0 Å². The maximum atomic E-state index is 11.2. The third-order valence-electron chi connectivity index (χ3n) is 4.46. The van der Waals surface area contributed by atoms with Gasteiger partial charge < -0.3 is 9.84 Å². The van der Waals surface area contributed by atoms with Crippen LogP contribution in [-0.4, -0.2) is 30.1 Å². The number of hydrogen-bond donors (Lipinski definition) is 1. The SMILES string of the molecule is CCCCCCCC/C=C\CCCCCCCCOCC(=O)/C=C\C(=O)O. The van der Waals surface area contributed by atoms with Crippen LogP contribution in [0.1, 0.15) is 96.8 Å². The second-order valence-corrected chi connectivity index (χ2v) is 7.13. The Morgan fingerprint density at radius 3 is 1.81 bits per heavy atom. The summed E-state index contributed by atoms with van der Waals surface area (Å²) in [4.78, 5) is 21.5. The summed E-state index contributed by atoms with van der Waals surface area (Å²) in [6.07, 6.45) is 24.3. The minimum absolute atomic E-state index is 0.0329. The van der Waals surface area contributed by atoms with E-state index in [1.807, 2.05) is 0 Å². The number of carbonyl (C=O) groups is 2. The van der Waals surface area contributed by atoms with Gasteiger partial charge in [0, 0.05) is 12.7 Å². The Hall–Kier alpha value is -1.42. The fourth-order valence-electron chi connectivity index (χ4n) is 2.84. The van der Waals surface area contributed by atoms with Crippen LogP contribution in [0.25, 0.3) is 0 Å². The van der Waals surface area contributed by atoms with Gasteiger partial charge in [-0.2, -0.15) is 0 Å². The maximum Gasteiger partial charge on any atom is 0.328 e. The Bertz CT molecular complexity index is 413. The normalized spacial score (nSPS) is 11.6. The molecule has 0 aromatic rings. The minimum atomic E-state index is -1.11. The van der Waals surface area contributed by atoms with E-state index in [1.165, 1.54) is 77.0 Å². The van der Waals surface area contributed by atoms with Gasteiger partial charge in [-0.25, -0.2) is 4.79 Å². The van der Waals surface area contributed by atoms with Gasteiger partial charge in [-0.3, -0.25) is 4.79 Å². The van der Waals surface area contributed by atoms with E-state index < -0.39 is 5.97 Å². The van der Waals surface area contributed by atoms with Crippen molar-refractivity contribution >= 4 is 11.8 Å². The van der Waals surface area contributed by atoms with Crippen molar-refractivity contribution in [2.75, 3.05) is 13.2 Å². The van der Waals surface area contributed by atoms with Crippen molar-refractivity contribution in [3.63, 3.8) is 0 Å². The Morgan fingerprint density at radius 2 is 1.26 bits per heavy atom. The first-order valence-electron chi connectivity index (χ1n) is 10.8. The van der Waals surface area contributed by atoms with Crippen molar-refractivity contribution in [2.45, 2.75) is 96.8 Å². The lowest BCUT2D eigenvalue weighted by atomic mass is 10.1. The van der Waals surface area contributed by atoms with Crippen LogP contribution >= 0.6 is 0 Å². The molecule has 0 fully saturated rings. The van der Waals surface area contributed by atoms with Gasteiger partial charge in [0.05, 0.1) is 0 Å². The molecule has 0 aliphatic rings. The van der Waals surface area contributed by atoms with Crippen LogP contribution < -0.4 is 0 Å². The van der Waals surface area contributed by atoms with E-state index in [0.717, 1.165) is 25.0 Å². The molecule has 0 saturated carbocycles. The van der Waals surface area contributed by atoms with Crippen LogP contribution in [-0.2, 0) is 14.3 Å². The topological polar surface area (TPSA) is 63.6 Å². The molecule has 0 aliphatic carbocycles. The summed E-state index contributed by atoms with van der Waals surface area (Å²) in [5.41, 5.74) is 0. The van der Waals surface area contributed by atoms with Gasteiger partial charge in [0.25, 0.3) is 0 Å². The molecular formula is C23H40O4. The summed E-state index contributed by atoms with van der Waals surface area (Å²) in [5.74, 6) is -1.42. The van der Waals surface area contributed by atoms with Crippen molar-refractivity contribution in [3.8, 4) is 0 Å². The molecule has 0 atom stereocenters. The quantitative estimate of drug-likeness (QED) is 0.154. The fourth-order valence-corrected chi connectivity index (χ4v) is 2.84. The van der Waals surface area contributed by atoms with Gasteiger partial charge in [0.2, 0.25) is 0 Å². The first-order valence-corrected chi connectivity index (χ1v) is 10.8. The molecule has 0 spiro atoms. The molecule has 0 aliphatic heterocycles. The fraction of sp³-hybridized carbons (Fsp3) is 0.739. The molecule has 1 N–H and O–H groups in total. The van der Waals surface area contributed by atoms with Crippen molar-refractivity contribution in [2.24, 2.45) is 0 Å². The zero-order chi connectivity index (χ0) is 20.0. The van der Waals surface area contributed by atoms with Gasteiger partial charge in [-0.05, 0) is 38.2 Å². The third-order valence-corrected chi connectivity index (χ3v) is 4.46. The number of aliphatic carboxylic acids is 1. The molecule has 0 unspecified atom stereocenters. The summed E-state index contributed by atoms with van der Waals surface area (Å²) in [6, 6.07) is 0. The number of allylic oxidation sites excluding steroid dienone is 2. The molecule has 0 rings (SSSR count). The first kappa shape index (κ1) is 25.6. The number of ether oxygens (including phenoxy) is 1. The Balaban J connectivity index is 3.21. The number of hydrogen-bond acceptors (Lipinski definition) is 3. The molecule has 0 bridgehead atoms. The van der Waals surface area contributed by atoms with Gasteiger partial charge in [-0.1, -0.05) is 76.9 Å². The summed E-state index contributed by atoms with van der Waals surface area (Å²) in [5, 5.41) is 8.41. The first-order chi connectivity index (χ1) is 13.2. The molecular weight excluding hydrogens is 340 g/mol. The lowest BCUT2D eigenvalue weighted by molar-refractivity contribution is -0.131. The van der Waals surface area contributed by atoms with Crippen LogP contribution in [0.2, 0.25) is 0 Å². The predicted molar refractivity (Wildman–Crippen MR) is 112 cm³/mol. The lowest BCUT2D eigenvalue weighted by Crippen LogP contribution is -2.07. The smallest absolute Gasteiger partial charge is 0.328 e. The summed E-state index contributed by atoms with van der Waals surface area (Å²) in [6.45, 7) is 2.79. The molecule has 0 heterocycles. The van der Waals surface area contributed by atoms with Crippen molar-refractivity contribution in [3.05, 3.63) is 24.3 Å². The van der Waals surface area contributed by atoms with Gasteiger partial charge in [-0.15, -0.1) is 0 Å². The second-order valence-electron chi connectivity index (χ2n) is 7.13. The van der Waals surface area contributed by atoms with Crippen molar-refractivity contribution in [1.29, 1.82) is 0 Å². The molecule has 0 saturated heterocycles. The Kier molecular flexibility index (Phi) is 19.8. The van der Waals surface area contributed by atoms with Crippen molar-refractivity contribution in [1.82, 2.24) is 0 Å². The Morgan fingerprint density at radius 1 is 0.741 bits per heavy atom. The van der Waals surface area contributed by atoms with Gasteiger partial charge >= 0.3 is 5.97 Å². The van der Waals surface area contributed by atoms with E-state index in [0.29, 0.717) is 6.61 Å². The molecule has 4 nitrogen and oxygen atoms in total. The third kappa shape index (κ3) is 22.5. The lowest BCUT2D eigenvalue weighted by Gasteiger charge is -2.02. The number of carbonyl (C=O) groups excluding carboxylic acids is 1. The summed E-state index contributed by atoms with van der Waals surface area (Å²) < 4.78 is 5.24. The van der Waals surface area contributed by atoms with E-state index in [4.69, 9.17) is 9.84 Å². The number of ketones is 1. The molecule has 4 heteroatoms. The highest BCUT2D eigenvalue weighted by molar-refractivity contribution is 5.95. The molecule has 0 aromatic heterocycles. The Labute approximate surface area is 166 Å². The molecule has 0 radical (unpaired) electrons. The molecule has 27 heavy (non-hydrogen) atoms. The summed E-state index contributed by atoms with van der Waals surface area (Å²) >= 11 is 0. The van der Waals surface area contributed by atoms with E-state index in [-0.39, 0.29) is 12.4 Å². The highest BCUT2D eigenvalue weighted by Crippen LogP contribution is 2.10. The van der Waals surface area contributed by atoms with E-state index in [2.05, 4.69) is 19.1 Å². The molecule has 0 amide bonds. The molecule has 0 aromatic carbocycles. The minimum Gasteiger partial charge on any atom is -0.478 e. The highest BCUT2D eigenvalue weighted by Gasteiger charge is 1.98. The van der Waals surface area contributed by atoms with Crippen LogP contribution in [0.3, 0.4) is 0 Å². The number of carboxylic acids is 1. The van der Waals surface area contributed by atoms with Crippen LogP contribution in [0.15, 0.2) is 24.3 Å². The van der Waals surface area contributed by atoms with Crippen LogP contribution in [0.5, 0.6) is 0 Å². The standard InChI is InChI=1S/C23H40O4/c1-2-3-4-5-6-7-8-9-10-11-12-13-14-15-16-17-20-27-21-22(24)18-19-23(25)26/h9-10,18-19H,2-8,11-17,20-21H2,1H3,(H,25,26)/b10-9-,19-18-. The average molecular weight is 381 g/mol. The van der Waals surface area contributed by atoms with E-state index in [9.17, 15) is 9.59 Å². The average Bonchev–Trinajstić information content (AvgIpc) is 2.65.